The number of ether oxygens (including phenoxy) is 1. The van der Waals surface area contributed by atoms with Crippen LogP contribution >= 0.6 is 0 Å². The van der Waals surface area contributed by atoms with Crippen molar-refractivity contribution in [3.8, 4) is 0 Å². The largest absolute Gasteiger partial charge is 0.694 e. The Morgan fingerprint density at radius 1 is 2.00 bits per heavy atom. The van der Waals surface area contributed by atoms with E-state index in [1.807, 2.05) is 6.92 Å². The van der Waals surface area contributed by atoms with E-state index < -0.39 is 0 Å². The first-order chi connectivity index (χ1) is 2.41. The van der Waals surface area contributed by atoms with Gasteiger partial charge in [0.25, 0.3) is 0 Å². The van der Waals surface area contributed by atoms with E-state index in [-0.39, 0.29) is 0 Å². The van der Waals surface area contributed by atoms with E-state index in [0.717, 1.165) is 0 Å². The highest BCUT2D eigenvalue weighted by molar-refractivity contribution is 4.32. The molecule has 0 aliphatic rings. The van der Waals surface area contributed by atoms with Gasteiger partial charge >= 0.3 is 0 Å². The van der Waals surface area contributed by atoms with Gasteiger partial charge in [-0.1, -0.05) is 0 Å². The van der Waals surface area contributed by atoms with Crippen molar-refractivity contribution < 1.29 is 4.74 Å². The van der Waals surface area contributed by atoms with Gasteiger partial charge in [0.15, 0.2) is 0 Å². The maximum absolute atomic E-state index is 4.47. The van der Waals surface area contributed by atoms with Crippen LogP contribution in [-0.4, -0.2) is 6.61 Å². The van der Waals surface area contributed by atoms with Crippen molar-refractivity contribution in [3.05, 3.63) is 12.8 Å². The Balaban J connectivity index is 2.40. The molecule has 1 nitrogen and oxygen atoms in total. The third-order valence-electron chi connectivity index (χ3n) is 0.246. The molecule has 0 radical (unpaired) electrons. The summed E-state index contributed by atoms with van der Waals surface area (Å²) in [5, 5.41) is 0. The Morgan fingerprint density at radius 2 is 2.60 bits per heavy atom. The molecule has 0 amide bonds. The van der Waals surface area contributed by atoms with Crippen LogP contribution in [0.3, 0.4) is 0 Å². The molecule has 0 spiro atoms. The van der Waals surface area contributed by atoms with Gasteiger partial charge in [0.2, 0.25) is 0 Å². The van der Waals surface area contributed by atoms with Gasteiger partial charge in [-0.15, -0.1) is 0 Å². The first-order valence-electron chi connectivity index (χ1n) is 1.55. The second kappa shape index (κ2) is 3.54. The van der Waals surface area contributed by atoms with Crippen LogP contribution in [0.2, 0.25) is 0 Å². The monoisotopic (exact) mass is 71.1 g/mol. The average molecular weight is 71.1 g/mol. The van der Waals surface area contributed by atoms with Crippen molar-refractivity contribution >= 4 is 0 Å². The van der Waals surface area contributed by atoms with Crippen LogP contribution in [0.5, 0.6) is 0 Å². The van der Waals surface area contributed by atoms with Crippen LogP contribution in [0, 0.1) is 6.26 Å². The zero-order chi connectivity index (χ0) is 4.12. The lowest BCUT2D eigenvalue weighted by atomic mass is 10.9. The molecule has 0 aliphatic carbocycles. The average Bonchev–Trinajstić information content (AvgIpc) is 1.41. The highest BCUT2D eigenvalue weighted by Crippen LogP contribution is 1.63. The molecular formula is C4H7O-. The van der Waals surface area contributed by atoms with Crippen LogP contribution in [0.1, 0.15) is 6.92 Å². The topological polar surface area (TPSA) is 9.23 Å². The van der Waals surface area contributed by atoms with E-state index in [0.29, 0.717) is 6.61 Å². The van der Waals surface area contributed by atoms with Crippen molar-refractivity contribution in [1.82, 2.24) is 0 Å². The van der Waals surface area contributed by atoms with Crippen LogP contribution in [0.15, 0.2) is 6.58 Å². The van der Waals surface area contributed by atoms with Crippen molar-refractivity contribution in [1.29, 1.82) is 0 Å². The first-order valence-corrected chi connectivity index (χ1v) is 1.55. The SMILES string of the molecule is C=[C-]OCC. The molecule has 0 atom stereocenters. The molecule has 30 valence electrons. The number of hydrogen-bond donors (Lipinski definition) is 0. The molecule has 0 aromatic carbocycles. The van der Waals surface area contributed by atoms with E-state index in [1.54, 1.807) is 0 Å². The Morgan fingerprint density at radius 3 is 2.60 bits per heavy atom. The van der Waals surface area contributed by atoms with Crippen LogP contribution in [-0.2, 0) is 4.74 Å². The standard InChI is InChI=1S/C4H7O/c1-3-5-4-2/h1,4H2,2H3/q-1. The Labute approximate surface area is 32.3 Å². The van der Waals surface area contributed by atoms with Gasteiger partial charge in [-0.2, -0.15) is 0 Å². The Bertz CT molecular complexity index is 24.8. The highest BCUT2D eigenvalue weighted by Gasteiger charge is 1.43. The minimum absolute atomic E-state index is 0.670. The second-order valence-electron chi connectivity index (χ2n) is 0.577. The Kier molecular flexibility index (Phi) is 3.21. The molecule has 0 aliphatic heterocycles. The normalized spacial score (nSPS) is 6.60. The summed E-state index contributed by atoms with van der Waals surface area (Å²) >= 11 is 0. The van der Waals surface area contributed by atoms with Crippen molar-refractivity contribution in [2.24, 2.45) is 0 Å². The molecule has 0 saturated carbocycles. The smallest absolute Gasteiger partial charge is 0.0424 e. The van der Waals surface area contributed by atoms with Gasteiger partial charge in [-0.3, -0.25) is 0 Å². The highest BCUT2D eigenvalue weighted by atomic mass is 16.5. The molecule has 0 saturated heterocycles. The summed E-state index contributed by atoms with van der Waals surface area (Å²) in [5.41, 5.74) is 0. The molecule has 0 bridgehead atoms. The fraction of sp³-hybridized carbons (Fsp3) is 0.500. The summed E-state index contributed by atoms with van der Waals surface area (Å²) in [6.07, 6.45) is 2.27. The van der Waals surface area contributed by atoms with E-state index in [1.165, 1.54) is 0 Å². The lowest BCUT2D eigenvalue weighted by Crippen LogP contribution is -1.73. The molecule has 0 aromatic rings. The summed E-state index contributed by atoms with van der Waals surface area (Å²) in [4.78, 5) is 0. The number of rotatable bonds is 2. The first kappa shape index (κ1) is 4.54. The van der Waals surface area contributed by atoms with Gasteiger partial charge in [-0.25, -0.2) is 6.58 Å². The summed E-state index contributed by atoms with van der Waals surface area (Å²) in [6, 6.07) is 0. The van der Waals surface area contributed by atoms with Gasteiger partial charge in [-0.05, 0) is 6.92 Å². The third kappa shape index (κ3) is 3.54. The predicted octanol–water partition coefficient (Wildman–Crippen LogP) is 0.970. The van der Waals surface area contributed by atoms with E-state index in [9.17, 15) is 0 Å². The zero-order valence-electron chi connectivity index (χ0n) is 3.32. The maximum atomic E-state index is 4.47. The summed E-state index contributed by atoms with van der Waals surface area (Å²) < 4.78 is 4.47. The summed E-state index contributed by atoms with van der Waals surface area (Å²) in [5.74, 6) is 0. The molecule has 5 heavy (non-hydrogen) atoms. The van der Waals surface area contributed by atoms with Gasteiger partial charge in [0.05, 0.1) is 0 Å². The number of hydrogen-bond acceptors (Lipinski definition) is 1. The molecule has 1 heteroatoms. The molecule has 0 heterocycles. The zero-order valence-corrected chi connectivity index (χ0v) is 3.32. The van der Waals surface area contributed by atoms with E-state index in [2.05, 4.69) is 17.6 Å². The third-order valence-corrected chi connectivity index (χ3v) is 0.246. The van der Waals surface area contributed by atoms with Crippen molar-refractivity contribution in [3.63, 3.8) is 0 Å². The summed E-state index contributed by atoms with van der Waals surface area (Å²) in [7, 11) is 0. The van der Waals surface area contributed by atoms with Gasteiger partial charge in [0.1, 0.15) is 0 Å². The molecule has 0 N–H and O–H groups in total. The van der Waals surface area contributed by atoms with Gasteiger partial charge < -0.3 is 11.0 Å². The van der Waals surface area contributed by atoms with E-state index >= 15 is 0 Å². The minimum Gasteiger partial charge on any atom is -0.694 e. The van der Waals surface area contributed by atoms with Crippen molar-refractivity contribution in [2.75, 3.05) is 6.61 Å². The van der Waals surface area contributed by atoms with Crippen molar-refractivity contribution in [2.45, 2.75) is 6.92 Å². The van der Waals surface area contributed by atoms with Gasteiger partial charge in [0, 0.05) is 6.61 Å². The maximum Gasteiger partial charge on any atom is 0.0424 e. The molecule has 0 rings (SSSR count). The second-order valence-corrected chi connectivity index (χ2v) is 0.577. The van der Waals surface area contributed by atoms with Crippen LogP contribution in [0.25, 0.3) is 0 Å². The summed E-state index contributed by atoms with van der Waals surface area (Å²) in [6.45, 7) is 5.76. The van der Waals surface area contributed by atoms with Crippen LogP contribution < -0.4 is 0 Å². The fourth-order valence-corrected chi connectivity index (χ4v) is 0.102. The minimum atomic E-state index is 0.670. The predicted molar refractivity (Wildman–Crippen MR) is 20.5 cm³/mol. The van der Waals surface area contributed by atoms with E-state index in [4.69, 9.17) is 0 Å². The molecule has 0 unspecified atom stereocenters. The van der Waals surface area contributed by atoms with Crippen LogP contribution in [0.4, 0.5) is 0 Å². The molecule has 0 fully saturated rings. The quantitative estimate of drug-likeness (QED) is 0.348. The fourth-order valence-electron chi connectivity index (χ4n) is 0.102. The lowest BCUT2D eigenvalue weighted by Gasteiger charge is -2.03. The molecular weight excluding hydrogens is 64.0 g/mol. The Hall–Kier alpha value is -0.460. The molecule has 0 aromatic heterocycles. The lowest BCUT2D eigenvalue weighted by molar-refractivity contribution is 0.249.